The first-order valence-electron chi connectivity index (χ1n) is 6.92. The molecule has 4 nitrogen and oxygen atoms in total. The lowest BCUT2D eigenvalue weighted by molar-refractivity contribution is 0.275. The third kappa shape index (κ3) is 4.56. The second-order valence-corrected chi connectivity index (χ2v) is 4.85. The van der Waals surface area contributed by atoms with Crippen LogP contribution in [0.2, 0.25) is 0 Å². The number of rotatable bonds is 7. The lowest BCUT2D eigenvalue weighted by Crippen LogP contribution is -2.24. The van der Waals surface area contributed by atoms with Gasteiger partial charge in [-0.05, 0) is 43.6 Å². The zero-order valence-corrected chi connectivity index (χ0v) is 12.2. The van der Waals surface area contributed by atoms with Gasteiger partial charge in [0.15, 0.2) is 5.84 Å². The number of benzene rings is 1. The molecule has 0 aliphatic heterocycles. The van der Waals surface area contributed by atoms with Gasteiger partial charge in [0.1, 0.15) is 0 Å². The van der Waals surface area contributed by atoms with Crippen molar-refractivity contribution >= 4 is 5.84 Å². The van der Waals surface area contributed by atoms with Crippen LogP contribution in [-0.4, -0.2) is 29.0 Å². The normalized spacial score (nSPS) is 12.1. The largest absolute Gasteiger partial charge is 0.409 e. The molecule has 0 spiro atoms. The smallest absolute Gasteiger partial charge is 0.170 e. The molecule has 0 saturated carbocycles. The second kappa shape index (κ2) is 7.79. The molecule has 0 fully saturated rings. The van der Waals surface area contributed by atoms with Crippen molar-refractivity contribution in [3.05, 3.63) is 34.9 Å². The fourth-order valence-corrected chi connectivity index (χ4v) is 2.06. The summed E-state index contributed by atoms with van der Waals surface area (Å²) in [5, 5.41) is 11.7. The summed E-state index contributed by atoms with van der Waals surface area (Å²) in [6, 6.07) is 5.94. The van der Waals surface area contributed by atoms with Crippen LogP contribution in [0.5, 0.6) is 0 Å². The van der Waals surface area contributed by atoms with Crippen LogP contribution in [0.3, 0.4) is 0 Å². The third-order valence-electron chi connectivity index (χ3n) is 3.42. The third-order valence-corrected chi connectivity index (χ3v) is 3.42. The van der Waals surface area contributed by atoms with Crippen molar-refractivity contribution in [1.82, 2.24) is 4.90 Å². The van der Waals surface area contributed by atoms with Crippen molar-refractivity contribution < 1.29 is 5.21 Å². The Labute approximate surface area is 115 Å². The first kappa shape index (κ1) is 15.5. The molecule has 0 bridgehead atoms. The molecule has 3 N–H and O–H groups in total. The van der Waals surface area contributed by atoms with Gasteiger partial charge in [-0.2, -0.15) is 0 Å². The van der Waals surface area contributed by atoms with E-state index in [1.54, 1.807) is 0 Å². The fourth-order valence-electron chi connectivity index (χ4n) is 2.06. The van der Waals surface area contributed by atoms with Crippen molar-refractivity contribution in [3.8, 4) is 0 Å². The monoisotopic (exact) mass is 263 g/mol. The van der Waals surface area contributed by atoms with E-state index in [1.807, 2.05) is 12.1 Å². The van der Waals surface area contributed by atoms with Crippen LogP contribution in [0, 0.1) is 6.92 Å². The van der Waals surface area contributed by atoms with Crippen molar-refractivity contribution in [2.24, 2.45) is 10.9 Å². The maximum atomic E-state index is 8.68. The quantitative estimate of drug-likeness (QED) is 0.344. The van der Waals surface area contributed by atoms with Gasteiger partial charge < -0.3 is 10.9 Å². The molecule has 4 heteroatoms. The van der Waals surface area contributed by atoms with E-state index in [4.69, 9.17) is 10.9 Å². The topological polar surface area (TPSA) is 61.8 Å². The molecule has 0 atom stereocenters. The van der Waals surface area contributed by atoms with Crippen molar-refractivity contribution in [2.75, 3.05) is 13.1 Å². The van der Waals surface area contributed by atoms with E-state index in [2.05, 4.69) is 36.9 Å². The zero-order chi connectivity index (χ0) is 14.3. The minimum Gasteiger partial charge on any atom is -0.409 e. The van der Waals surface area contributed by atoms with Gasteiger partial charge in [-0.25, -0.2) is 0 Å². The average molecular weight is 263 g/mol. The first-order chi connectivity index (χ1) is 9.12. The Morgan fingerprint density at radius 1 is 1.37 bits per heavy atom. The molecule has 106 valence electrons. The highest BCUT2D eigenvalue weighted by atomic mass is 16.4. The summed E-state index contributed by atoms with van der Waals surface area (Å²) < 4.78 is 0. The van der Waals surface area contributed by atoms with Crippen LogP contribution >= 0.6 is 0 Å². The van der Waals surface area contributed by atoms with Gasteiger partial charge in [0.05, 0.1) is 0 Å². The van der Waals surface area contributed by atoms with Crippen LogP contribution in [-0.2, 0) is 6.54 Å². The molecule has 1 rings (SSSR count). The van der Waals surface area contributed by atoms with E-state index in [0.717, 1.165) is 25.2 Å². The van der Waals surface area contributed by atoms with E-state index in [0.29, 0.717) is 0 Å². The molecular weight excluding hydrogens is 238 g/mol. The molecule has 0 saturated heterocycles. The van der Waals surface area contributed by atoms with Crippen LogP contribution in [0.15, 0.2) is 23.4 Å². The van der Waals surface area contributed by atoms with Gasteiger partial charge in [0.25, 0.3) is 0 Å². The number of aryl methyl sites for hydroxylation is 1. The van der Waals surface area contributed by atoms with E-state index < -0.39 is 0 Å². The van der Waals surface area contributed by atoms with E-state index in [9.17, 15) is 0 Å². The Morgan fingerprint density at radius 2 is 2.11 bits per heavy atom. The maximum absolute atomic E-state index is 8.68. The van der Waals surface area contributed by atoms with Gasteiger partial charge in [0, 0.05) is 12.1 Å². The van der Waals surface area contributed by atoms with Crippen LogP contribution in [0.4, 0.5) is 0 Å². The summed E-state index contributed by atoms with van der Waals surface area (Å²) in [4.78, 5) is 2.44. The molecule has 19 heavy (non-hydrogen) atoms. The lowest BCUT2D eigenvalue weighted by atomic mass is 10.0. The van der Waals surface area contributed by atoms with Crippen LogP contribution in [0.25, 0.3) is 0 Å². The first-order valence-corrected chi connectivity index (χ1v) is 6.92. The van der Waals surface area contributed by atoms with Crippen molar-refractivity contribution in [2.45, 2.75) is 40.2 Å². The molecule has 0 aliphatic carbocycles. The van der Waals surface area contributed by atoms with Crippen LogP contribution < -0.4 is 5.73 Å². The number of hydrogen-bond donors (Lipinski definition) is 2. The van der Waals surface area contributed by atoms with E-state index in [-0.39, 0.29) is 5.84 Å². The summed E-state index contributed by atoms with van der Waals surface area (Å²) in [5.41, 5.74) is 8.84. The van der Waals surface area contributed by atoms with Gasteiger partial charge in [-0.3, -0.25) is 4.90 Å². The minimum absolute atomic E-state index is 0.160. The highest BCUT2D eigenvalue weighted by Crippen LogP contribution is 2.14. The number of oxime groups is 1. The standard InChI is InChI=1S/C15H25N3O/c1-4-6-9-18(5-2)11-14-8-7-13(10-12(14)3)15(16)17-19/h7-8,10,19H,4-6,9,11H2,1-3H3,(H2,16,17). The minimum atomic E-state index is 0.160. The number of amidine groups is 1. The average Bonchev–Trinajstić information content (AvgIpc) is 2.44. The molecule has 0 aliphatic rings. The number of unbranched alkanes of at least 4 members (excludes halogenated alkanes) is 1. The number of nitrogens with two attached hydrogens (primary N) is 1. The number of nitrogens with zero attached hydrogens (tertiary/aromatic N) is 2. The zero-order valence-electron chi connectivity index (χ0n) is 12.2. The molecule has 0 aromatic heterocycles. The van der Waals surface area contributed by atoms with Gasteiger partial charge in [0.2, 0.25) is 0 Å². The predicted molar refractivity (Wildman–Crippen MR) is 79.5 cm³/mol. The number of hydrogen-bond acceptors (Lipinski definition) is 3. The Hall–Kier alpha value is -1.55. The Balaban J connectivity index is 2.78. The summed E-state index contributed by atoms with van der Waals surface area (Å²) in [6.07, 6.45) is 2.45. The van der Waals surface area contributed by atoms with Gasteiger partial charge in [-0.1, -0.05) is 37.6 Å². The molecule has 0 radical (unpaired) electrons. The molecule has 1 aromatic carbocycles. The maximum Gasteiger partial charge on any atom is 0.170 e. The van der Waals surface area contributed by atoms with Crippen LogP contribution in [0.1, 0.15) is 43.4 Å². The van der Waals surface area contributed by atoms with E-state index >= 15 is 0 Å². The van der Waals surface area contributed by atoms with Crippen molar-refractivity contribution in [3.63, 3.8) is 0 Å². The summed E-state index contributed by atoms with van der Waals surface area (Å²) in [6.45, 7) is 9.62. The molecule has 1 aromatic rings. The van der Waals surface area contributed by atoms with Gasteiger partial charge >= 0.3 is 0 Å². The summed E-state index contributed by atoms with van der Waals surface area (Å²) in [5.74, 6) is 0.160. The molecule has 0 unspecified atom stereocenters. The predicted octanol–water partition coefficient (Wildman–Crippen LogP) is 2.71. The lowest BCUT2D eigenvalue weighted by Gasteiger charge is -2.21. The van der Waals surface area contributed by atoms with Gasteiger partial charge in [-0.15, -0.1) is 0 Å². The SMILES string of the molecule is CCCCN(CC)Cc1ccc(/C(N)=N/O)cc1C. The summed E-state index contributed by atoms with van der Waals surface area (Å²) >= 11 is 0. The summed E-state index contributed by atoms with van der Waals surface area (Å²) in [7, 11) is 0. The molecule has 0 amide bonds. The Morgan fingerprint density at radius 3 is 2.63 bits per heavy atom. The van der Waals surface area contributed by atoms with E-state index in [1.165, 1.54) is 24.0 Å². The molecular formula is C15H25N3O. The fraction of sp³-hybridized carbons (Fsp3) is 0.533. The highest BCUT2D eigenvalue weighted by molar-refractivity contribution is 5.97. The van der Waals surface area contributed by atoms with Crippen molar-refractivity contribution in [1.29, 1.82) is 0 Å². The highest BCUT2D eigenvalue weighted by Gasteiger charge is 2.07. The Kier molecular flexibility index (Phi) is 6.36. The Bertz CT molecular complexity index is 429. The molecule has 0 heterocycles. The second-order valence-electron chi connectivity index (χ2n) is 4.85.